The number of hydrogen-bond acceptors (Lipinski definition) is 15. The first-order valence-electron chi connectivity index (χ1n) is 17.3. The van der Waals surface area contributed by atoms with Crippen LogP contribution < -0.4 is 0 Å². The number of ether oxygens (including phenoxy) is 7. The number of carbonyl (C=O) groups is 4. The van der Waals surface area contributed by atoms with Crippen LogP contribution >= 0.6 is 0 Å². The summed E-state index contributed by atoms with van der Waals surface area (Å²) in [7, 11) is 0. The molecule has 2 aliphatic heterocycles. The van der Waals surface area contributed by atoms with E-state index >= 15 is 0 Å². The van der Waals surface area contributed by atoms with Gasteiger partial charge < -0.3 is 53.6 Å². The molecule has 0 spiro atoms. The maximum Gasteiger partial charge on any atom is 0.338 e. The van der Waals surface area contributed by atoms with Crippen LogP contribution in [0, 0.1) is 0 Å². The molecule has 2 heterocycles. The fourth-order valence-electron chi connectivity index (χ4n) is 6.01. The van der Waals surface area contributed by atoms with E-state index in [1.165, 1.54) is 48.5 Å². The molecule has 0 bridgehead atoms. The molecule has 55 heavy (non-hydrogen) atoms. The molecule has 6 rings (SSSR count). The third-order valence-corrected chi connectivity index (χ3v) is 8.87. The summed E-state index contributed by atoms with van der Waals surface area (Å²) >= 11 is 0. The van der Waals surface area contributed by atoms with Crippen LogP contribution in [0.4, 0.5) is 0 Å². The van der Waals surface area contributed by atoms with Gasteiger partial charge in [0.2, 0.25) is 0 Å². The molecule has 4 aromatic rings. The average Bonchev–Trinajstić information content (AvgIpc) is 3.22. The van der Waals surface area contributed by atoms with Crippen molar-refractivity contribution < 1.29 is 72.8 Å². The van der Waals surface area contributed by atoms with Crippen molar-refractivity contribution in [3.63, 3.8) is 0 Å². The maximum atomic E-state index is 13.8. The average molecular weight is 759 g/mol. The summed E-state index contributed by atoms with van der Waals surface area (Å²) in [4.78, 5) is 54.2. The monoisotopic (exact) mass is 758 g/mol. The van der Waals surface area contributed by atoms with E-state index in [0.717, 1.165) is 0 Å². The summed E-state index contributed by atoms with van der Waals surface area (Å²) in [5, 5.41) is 42.1. The summed E-state index contributed by atoms with van der Waals surface area (Å²) in [5.74, 6) is -3.62. The minimum atomic E-state index is -1.97. The SMILES string of the molecule is O=C(OC[C@H]1O[C@@H](O[C@@H]2[C@@H](O)[C@@H](O)[C@@H](CO)O[C@H]2O)[C@H](OC(=O)c2ccccc2)[C@@H](OC(=O)c2ccccc2)[C@@H]1OC(=O)c1ccccc1)c1ccccc1. The lowest BCUT2D eigenvalue weighted by Crippen LogP contribution is -2.66. The van der Waals surface area contributed by atoms with Gasteiger partial charge in [0.15, 0.2) is 30.9 Å². The van der Waals surface area contributed by atoms with Gasteiger partial charge in [0.25, 0.3) is 0 Å². The zero-order valence-corrected chi connectivity index (χ0v) is 29.0. The van der Waals surface area contributed by atoms with Crippen molar-refractivity contribution in [2.75, 3.05) is 13.2 Å². The Morgan fingerprint density at radius 2 is 0.909 bits per heavy atom. The van der Waals surface area contributed by atoms with Crippen molar-refractivity contribution in [3.8, 4) is 0 Å². The lowest BCUT2D eigenvalue weighted by atomic mass is 9.96. The number of hydrogen-bond donors (Lipinski definition) is 4. The molecule has 0 unspecified atom stereocenters. The van der Waals surface area contributed by atoms with Crippen LogP contribution in [0.15, 0.2) is 121 Å². The van der Waals surface area contributed by atoms with E-state index in [1.807, 2.05) is 0 Å². The first-order valence-corrected chi connectivity index (χ1v) is 17.3. The number of carbonyl (C=O) groups excluding carboxylic acids is 4. The van der Waals surface area contributed by atoms with Gasteiger partial charge in [0.1, 0.15) is 37.1 Å². The van der Waals surface area contributed by atoms with Gasteiger partial charge in [0.05, 0.1) is 28.9 Å². The van der Waals surface area contributed by atoms with E-state index < -0.39 is 98.5 Å². The van der Waals surface area contributed by atoms with Crippen LogP contribution in [-0.2, 0) is 33.2 Å². The molecule has 0 aliphatic carbocycles. The molecule has 288 valence electrons. The summed E-state index contributed by atoms with van der Waals surface area (Å²) in [6, 6.07) is 31.2. The normalized spacial score (nSPS) is 27.6. The predicted molar refractivity (Wildman–Crippen MR) is 187 cm³/mol. The van der Waals surface area contributed by atoms with E-state index in [4.69, 9.17) is 33.2 Å². The molecule has 15 heteroatoms. The Bertz CT molecular complexity index is 1880. The number of aliphatic hydroxyl groups excluding tert-OH is 4. The van der Waals surface area contributed by atoms with E-state index in [9.17, 15) is 39.6 Å². The van der Waals surface area contributed by atoms with Crippen molar-refractivity contribution in [3.05, 3.63) is 144 Å². The van der Waals surface area contributed by atoms with Crippen molar-refractivity contribution in [2.24, 2.45) is 0 Å². The fourth-order valence-corrected chi connectivity index (χ4v) is 6.01. The molecule has 2 aliphatic rings. The van der Waals surface area contributed by atoms with Gasteiger partial charge in [-0.2, -0.15) is 0 Å². The zero-order chi connectivity index (χ0) is 38.9. The molecule has 10 atom stereocenters. The Hall–Kier alpha value is -5.52. The van der Waals surface area contributed by atoms with Crippen LogP contribution in [0.2, 0.25) is 0 Å². The van der Waals surface area contributed by atoms with Crippen LogP contribution in [0.3, 0.4) is 0 Å². The predicted octanol–water partition coefficient (Wildman–Crippen LogP) is 2.06. The highest BCUT2D eigenvalue weighted by atomic mass is 16.8. The second kappa shape index (κ2) is 18.2. The molecule has 2 saturated heterocycles. The van der Waals surface area contributed by atoms with Gasteiger partial charge in [-0.05, 0) is 48.5 Å². The Balaban J connectivity index is 1.42. The Morgan fingerprint density at radius 3 is 1.36 bits per heavy atom. The highest BCUT2D eigenvalue weighted by molar-refractivity contribution is 5.91. The van der Waals surface area contributed by atoms with Gasteiger partial charge in [-0.1, -0.05) is 72.8 Å². The number of rotatable bonds is 12. The highest BCUT2D eigenvalue weighted by Crippen LogP contribution is 2.34. The van der Waals surface area contributed by atoms with Gasteiger partial charge in [-0.15, -0.1) is 0 Å². The Morgan fingerprint density at radius 1 is 0.491 bits per heavy atom. The molecular formula is C40H38O15. The van der Waals surface area contributed by atoms with Gasteiger partial charge in [0, 0.05) is 0 Å². The quantitative estimate of drug-likeness (QED) is 0.120. The van der Waals surface area contributed by atoms with Crippen LogP contribution in [0.1, 0.15) is 41.4 Å². The summed E-state index contributed by atoms with van der Waals surface area (Å²) in [5.41, 5.74) is 0.367. The third kappa shape index (κ3) is 9.41. The molecule has 4 aromatic carbocycles. The lowest BCUT2D eigenvalue weighted by molar-refractivity contribution is -0.360. The standard InChI is InChI=1S/C40H38O15/c41-21-27-29(42)30(43)32(39(48)50-27)55-40-34(54-38(47)26-19-11-4-12-20-26)33(53-37(46)25-17-9-3-10-18-25)31(52-36(45)24-15-7-2-8-16-24)28(51-40)22-49-35(44)23-13-5-1-6-14-23/h1-20,27-34,39-43,48H,21-22H2/t27-,28-,29+,30+,31-,32-,33+,34-,39-,40+/m1/s1. The lowest BCUT2D eigenvalue weighted by Gasteiger charge is -2.47. The molecule has 4 N–H and O–H groups in total. The summed E-state index contributed by atoms with van der Waals surface area (Å²) in [6.07, 6.45) is -17.6. The van der Waals surface area contributed by atoms with Crippen LogP contribution in [0.5, 0.6) is 0 Å². The molecule has 0 aromatic heterocycles. The highest BCUT2D eigenvalue weighted by Gasteiger charge is 2.56. The van der Waals surface area contributed by atoms with Gasteiger partial charge in [-0.25, -0.2) is 19.2 Å². The minimum Gasteiger partial charge on any atom is -0.459 e. The topological polar surface area (TPSA) is 214 Å². The molecule has 0 amide bonds. The smallest absolute Gasteiger partial charge is 0.338 e. The summed E-state index contributed by atoms with van der Waals surface area (Å²) < 4.78 is 40.9. The van der Waals surface area contributed by atoms with Gasteiger partial charge >= 0.3 is 23.9 Å². The molecule has 15 nitrogen and oxygen atoms in total. The van der Waals surface area contributed by atoms with E-state index in [0.29, 0.717) is 0 Å². The molecule has 2 fully saturated rings. The van der Waals surface area contributed by atoms with Crippen LogP contribution in [0.25, 0.3) is 0 Å². The molecular weight excluding hydrogens is 720 g/mol. The number of aliphatic hydroxyl groups is 4. The fraction of sp³-hybridized carbons (Fsp3) is 0.300. The zero-order valence-electron chi connectivity index (χ0n) is 29.0. The van der Waals surface area contributed by atoms with E-state index in [-0.39, 0.29) is 22.3 Å². The van der Waals surface area contributed by atoms with Crippen molar-refractivity contribution in [1.29, 1.82) is 0 Å². The van der Waals surface area contributed by atoms with Crippen LogP contribution in [-0.4, -0.2) is 119 Å². The number of benzene rings is 4. The molecule has 0 radical (unpaired) electrons. The first kappa shape index (κ1) is 39.2. The first-order chi connectivity index (χ1) is 26.6. The Labute approximate surface area is 314 Å². The summed E-state index contributed by atoms with van der Waals surface area (Å²) in [6.45, 7) is -1.42. The largest absolute Gasteiger partial charge is 0.459 e. The van der Waals surface area contributed by atoms with E-state index in [1.54, 1.807) is 72.8 Å². The van der Waals surface area contributed by atoms with E-state index in [2.05, 4.69) is 0 Å². The second-order valence-electron chi connectivity index (χ2n) is 12.5. The van der Waals surface area contributed by atoms with Crippen molar-refractivity contribution in [1.82, 2.24) is 0 Å². The Kier molecular flexibility index (Phi) is 13.0. The number of esters is 4. The third-order valence-electron chi connectivity index (χ3n) is 8.87. The minimum absolute atomic E-state index is 0.0495. The van der Waals surface area contributed by atoms with Gasteiger partial charge in [-0.3, -0.25) is 0 Å². The molecule has 0 saturated carbocycles. The van der Waals surface area contributed by atoms with Crippen molar-refractivity contribution >= 4 is 23.9 Å². The van der Waals surface area contributed by atoms with Crippen molar-refractivity contribution in [2.45, 2.75) is 61.4 Å². The second-order valence-corrected chi connectivity index (χ2v) is 12.5. The maximum absolute atomic E-state index is 13.8.